The molecular formula is C36H25NO. The van der Waals surface area contributed by atoms with E-state index in [9.17, 15) is 0 Å². The zero-order valence-corrected chi connectivity index (χ0v) is 20.8. The van der Waals surface area contributed by atoms with E-state index in [1.54, 1.807) is 0 Å². The molecule has 0 saturated carbocycles. The van der Waals surface area contributed by atoms with Crippen LogP contribution in [0.5, 0.6) is 0 Å². The molecule has 2 heteroatoms. The van der Waals surface area contributed by atoms with Crippen molar-refractivity contribution in [3.63, 3.8) is 0 Å². The number of furan rings is 1. The highest BCUT2D eigenvalue weighted by Gasteiger charge is 2.17. The third-order valence-electron chi connectivity index (χ3n) is 7.05. The molecule has 0 radical (unpaired) electrons. The first-order valence-electron chi connectivity index (χ1n) is 12.9. The monoisotopic (exact) mass is 487 g/mol. The highest BCUT2D eigenvalue weighted by atomic mass is 16.3. The summed E-state index contributed by atoms with van der Waals surface area (Å²) in [6, 6.07) is 53.0. The van der Waals surface area contributed by atoms with Crippen LogP contribution in [-0.2, 0) is 0 Å². The molecule has 38 heavy (non-hydrogen) atoms. The summed E-state index contributed by atoms with van der Waals surface area (Å²) in [4.78, 5) is 2.29. The maximum Gasteiger partial charge on any atom is 0.143 e. The molecule has 0 aliphatic rings. The number of hydrogen-bond acceptors (Lipinski definition) is 2. The number of para-hydroxylation sites is 4. The van der Waals surface area contributed by atoms with E-state index in [0.717, 1.165) is 61.3 Å². The van der Waals surface area contributed by atoms with Gasteiger partial charge in [0.25, 0.3) is 0 Å². The predicted molar refractivity (Wildman–Crippen MR) is 159 cm³/mol. The van der Waals surface area contributed by atoms with Crippen molar-refractivity contribution in [2.24, 2.45) is 0 Å². The lowest BCUT2D eigenvalue weighted by Crippen LogP contribution is -2.09. The van der Waals surface area contributed by atoms with Gasteiger partial charge in [0.15, 0.2) is 0 Å². The van der Waals surface area contributed by atoms with E-state index in [4.69, 9.17) is 4.42 Å². The molecule has 0 aliphatic heterocycles. The van der Waals surface area contributed by atoms with Gasteiger partial charge in [0, 0.05) is 39.0 Å². The second kappa shape index (κ2) is 9.42. The molecule has 0 amide bonds. The van der Waals surface area contributed by atoms with E-state index >= 15 is 0 Å². The van der Waals surface area contributed by atoms with Crippen molar-refractivity contribution in [3.05, 3.63) is 152 Å². The number of hydrogen-bond donors (Lipinski definition) is 0. The van der Waals surface area contributed by atoms with Crippen LogP contribution in [0.15, 0.2) is 156 Å². The molecule has 6 aromatic carbocycles. The smallest absolute Gasteiger partial charge is 0.143 e. The SMILES string of the molecule is c1ccc(-c2cccc3c2oc2c(-c4cccc(N(c5ccccc5)c5ccccc5)c4)cccc23)cc1. The molecule has 0 atom stereocenters. The first-order chi connectivity index (χ1) is 18.9. The van der Waals surface area contributed by atoms with Crippen LogP contribution in [0, 0.1) is 0 Å². The van der Waals surface area contributed by atoms with Crippen LogP contribution in [0.3, 0.4) is 0 Å². The molecule has 0 aliphatic carbocycles. The molecule has 0 spiro atoms. The van der Waals surface area contributed by atoms with Gasteiger partial charge in [-0.2, -0.15) is 0 Å². The Balaban J connectivity index is 1.41. The molecular weight excluding hydrogens is 462 g/mol. The Labute approximate surface area is 222 Å². The minimum atomic E-state index is 0.911. The molecule has 7 rings (SSSR count). The van der Waals surface area contributed by atoms with Gasteiger partial charge in [-0.1, -0.05) is 115 Å². The second-order valence-corrected chi connectivity index (χ2v) is 9.39. The van der Waals surface area contributed by atoms with Crippen molar-refractivity contribution in [3.8, 4) is 22.3 Å². The normalized spacial score (nSPS) is 11.2. The molecule has 1 aromatic heterocycles. The number of benzene rings is 6. The average molecular weight is 488 g/mol. The van der Waals surface area contributed by atoms with Crippen LogP contribution < -0.4 is 4.90 Å². The fourth-order valence-corrected chi connectivity index (χ4v) is 5.31. The van der Waals surface area contributed by atoms with Gasteiger partial charge < -0.3 is 9.32 Å². The minimum Gasteiger partial charge on any atom is -0.455 e. The van der Waals surface area contributed by atoms with Gasteiger partial charge in [-0.05, 0) is 47.5 Å². The van der Waals surface area contributed by atoms with Gasteiger partial charge in [0.05, 0.1) is 0 Å². The average Bonchev–Trinajstić information content (AvgIpc) is 3.38. The van der Waals surface area contributed by atoms with Crippen LogP contribution in [0.25, 0.3) is 44.2 Å². The van der Waals surface area contributed by atoms with E-state index in [2.05, 4.69) is 150 Å². The van der Waals surface area contributed by atoms with Gasteiger partial charge in [0.1, 0.15) is 11.2 Å². The molecule has 0 N–H and O–H groups in total. The molecule has 0 unspecified atom stereocenters. The van der Waals surface area contributed by atoms with Crippen molar-refractivity contribution in [1.82, 2.24) is 0 Å². The Bertz CT molecular complexity index is 1820. The lowest BCUT2D eigenvalue weighted by Gasteiger charge is -2.25. The summed E-state index contributed by atoms with van der Waals surface area (Å²) in [5.74, 6) is 0. The van der Waals surface area contributed by atoms with Crippen LogP contribution in [0.4, 0.5) is 17.1 Å². The Kier molecular flexibility index (Phi) is 5.49. The summed E-state index contributed by atoms with van der Waals surface area (Å²) < 4.78 is 6.68. The maximum atomic E-state index is 6.68. The van der Waals surface area contributed by atoms with E-state index in [-0.39, 0.29) is 0 Å². The van der Waals surface area contributed by atoms with Crippen LogP contribution in [0.2, 0.25) is 0 Å². The first kappa shape index (κ1) is 22.1. The number of fused-ring (bicyclic) bond motifs is 3. The molecule has 0 saturated heterocycles. The third kappa shape index (κ3) is 3.84. The molecule has 1 heterocycles. The Hall–Kier alpha value is -5.08. The van der Waals surface area contributed by atoms with Crippen molar-refractivity contribution >= 4 is 39.0 Å². The van der Waals surface area contributed by atoms with E-state index in [1.807, 2.05) is 6.07 Å². The predicted octanol–water partition coefficient (Wildman–Crippen LogP) is 10.4. The lowest BCUT2D eigenvalue weighted by molar-refractivity contribution is 0.671. The number of anilines is 3. The highest BCUT2D eigenvalue weighted by molar-refractivity contribution is 6.13. The molecule has 2 nitrogen and oxygen atoms in total. The Morgan fingerprint density at radius 1 is 0.368 bits per heavy atom. The van der Waals surface area contributed by atoms with Gasteiger partial charge in [0.2, 0.25) is 0 Å². The van der Waals surface area contributed by atoms with Crippen molar-refractivity contribution < 1.29 is 4.42 Å². The fraction of sp³-hybridized carbons (Fsp3) is 0. The summed E-state index contributed by atoms with van der Waals surface area (Å²) in [5.41, 5.74) is 9.63. The largest absolute Gasteiger partial charge is 0.455 e. The second-order valence-electron chi connectivity index (χ2n) is 9.39. The van der Waals surface area contributed by atoms with Gasteiger partial charge in [-0.3, -0.25) is 0 Å². The third-order valence-corrected chi connectivity index (χ3v) is 7.05. The summed E-state index contributed by atoms with van der Waals surface area (Å²) in [7, 11) is 0. The van der Waals surface area contributed by atoms with Crippen LogP contribution in [0.1, 0.15) is 0 Å². The molecule has 0 fully saturated rings. The zero-order chi connectivity index (χ0) is 25.3. The van der Waals surface area contributed by atoms with Gasteiger partial charge in [-0.15, -0.1) is 0 Å². The number of nitrogens with zero attached hydrogens (tertiary/aromatic N) is 1. The topological polar surface area (TPSA) is 16.4 Å². The van der Waals surface area contributed by atoms with Crippen molar-refractivity contribution in [2.75, 3.05) is 4.90 Å². The fourth-order valence-electron chi connectivity index (χ4n) is 5.31. The standard InChI is InChI=1S/C36H25NO/c1-4-13-26(14-5-1)31-21-11-23-33-34-24-12-22-32(36(34)38-35(31)33)27-15-10-20-30(25-27)37(28-16-6-2-7-17-28)29-18-8-3-9-19-29/h1-25H. The maximum absolute atomic E-state index is 6.68. The summed E-state index contributed by atoms with van der Waals surface area (Å²) in [6.45, 7) is 0. The van der Waals surface area contributed by atoms with Crippen molar-refractivity contribution in [2.45, 2.75) is 0 Å². The van der Waals surface area contributed by atoms with Crippen LogP contribution >= 0.6 is 0 Å². The Morgan fingerprint density at radius 2 is 0.816 bits per heavy atom. The number of rotatable bonds is 5. The van der Waals surface area contributed by atoms with Gasteiger partial charge in [-0.25, -0.2) is 0 Å². The van der Waals surface area contributed by atoms with E-state index in [0.29, 0.717) is 0 Å². The zero-order valence-electron chi connectivity index (χ0n) is 20.8. The van der Waals surface area contributed by atoms with Crippen LogP contribution in [-0.4, -0.2) is 0 Å². The Morgan fingerprint density at radius 3 is 1.39 bits per heavy atom. The van der Waals surface area contributed by atoms with E-state index in [1.165, 1.54) is 0 Å². The minimum absolute atomic E-state index is 0.911. The summed E-state index contributed by atoms with van der Waals surface area (Å²) in [5, 5.41) is 2.26. The quantitative estimate of drug-likeness (QED) is 0.240. The van der Waals surface area contributed by atoms with Gasteiger partial charge >= 0.3 is 0 Å². The molecule has 180 valence electrons. The molecule has 0 bridgehead atoms. The summed E-state index contributed by atoms with van der Waals surface area (Å²) >= 11 is 0. The summed E-state index contributed by atoms with van der Waals surface area (Å²) in [6.07, 6.45) is 0. The lowest BCUT2D eigenvalue weighted by atomic mass is 10.00. The van der Waals surface area contributed by atoms with Crippen molar-refractivity contribution in [1.29, 1.82) is 0 Å². The van der Waals surface area contributed by atoms with E-state index < -0.39 is 0 Å². The first-order valence-corrected chi connectivity index (χ1v) is 12.9. The highest BCUT2D eigenvalue weighted by Crippen LogP contribution is 2.41. The molecule has 7 aromatic rings.